The molecule has 3 rings (SSSR count). The van der Waals surface area contributed by atoms with E-state index in [0.29, 0.717) is 23.2 Å². The Bertz CT molecular complexity index is 1030. The molecule has 0 fully saturated rings. The van der Waals surface area contributed by atoms with Crippen LogP contribution in [0, 0.1) is 5.82 Å². The number of aromatic nitrogens is 2. The van der Waals surface area contributed by atoms with Crippen molar-refractivity contribution in [2.45, 2.75) is 18.6 Å². The van der Waals surface area contributed by atoms with E-state index in [1.54, 1.807) is 5.38 Å². The molecule has 2 heterocycles. The standard InChI is InChI=1S/C19H18F4N4O2S/c20-13-7-10(19(21,22)23)1-2-12(13)14-3-4-15(26-14)17(29)27-16(8-24)18-25-11(5-6-28)9-30-18/h1-4,7,9,16,26,28H,5-6,8,24H2,(H,27,29). The average Bonchev–Trinajstić information content (AvgIpc) is 3.35. The van der Waals surface area contributed by atoms with Gasteiger partial charge in [0.05, 0.1) is 17.3 Å². The maximum absolute atomic E-state index is 14.2. The number of benzene rings is 1. The number of carbonyl (C=O) groups excluding carboxylic acids is 1. The van der Waals surface area contributed by atoms with E-state index < -0.39 is 29.5 Å². The number of nitrogens with two attached hydrogens (primary N) is 1. The van der Waals surface area contributed by atoms with E-state index in [1.165, 1.54) is 23.5 Å². The van der Waals surface area contributed by atoms with Crippen molar-refractivity contribution in [3.05, 3.63) is 63.5 Å². The normalized spacial score (nSPS) is 12.7. The minimum Gasteiger partial charge on any atom is -0.396 e. The van der Waals surface area contributed by atoms with E-state index in [4.69, 9.17) is 10.8 Å². The van der Waals surface area contributed by atoms with Crippen LogP contribution in [0.15, 0.2) is 35.7 Å². The first-order chi connectivity index (χ1) is 14.2. The first-order valence-corrected chi connectivity index (χ1v) is 9.73. The quantitative estimate of drug-likeness (QED) is 0.422. The van der Waals surface area contributed by atoms with Crippen molar-refractivity contribution in [1.29, 1.82) is 0 Å². The lowest BCUT2D eigenvalue weighted by molar-refractivity contribution is -0.137. The Morgan fingerprint density at radius 1 is 1.30 bits per heavy atom. The van der Waals surface area contributed by atoms with Crippen molar-refractivity contribution in [1.82, 2.24) is 15.3 Å². The summed E-state index contributed by atoms with van der Waals surface area (Å²) in [6.07, 6.45) is -4.26. The summed E-state index contributed by atoms with van der Waals surface area (Å²) in [7, 11) is 0. The first kappa shape index (κ1) is 21.9. The van der Waals surface area contributed by atoms with Crippen LogP contribution < -0.4 is 11.1 Å². The van der Waals surface area contributed by atoms with Crippen molar-refractivity contribution in [2.75, 3.05) is 13.2 Å². The molecule has 0 saturated heterocycles. The number of aliphatic hydroxyl groups is 1. The van der Waals surface area contributed by atoms with Crippen molar-refractivity contribution in [3.8, 4) is 11.3 Å². The Balaban J connectivity index is 1.75. The second-order valence-corrected chi connectivity index (χ2v) is 7.28. The Morgan fingerprint density at radius 3 is 2.70 bits per heavy atom. The van der Waals surface area contributed by atoms with Gasteiger partial charge < -0.3 is 21.1 Å². The molecule has 6 nitrogen and oxygen atoms in total. The smallest absolute Gasteiger partial charge is 0.396 e. The molecule has 1 unspecified atom stereocenters. The van der Waals surface area contributed by atoms with Crippen LogP contribution in [0.4, 0.5) is 17.6 Å². The van der Waals surface area contributed by atoms with Crippen LogP contribution in [0.1, 0.15) is 32.8 Å². The van der Waals surface area contributed by atoms with Gasteiger partial charge in [0.2, 0.25) is 0 Å². The summed E-state index contributed by atoms with van der Waals surface area (Å²) in [6.45, 7) is 0.0352. The highest BCUT2D eigenvalue weighted by molar-refractivity contribution is 7.09. The summed E-state index contributed by atoms with van der Waals surface area (Å²) in [6, 6.07) is 4.43. The fourth-order valence-electron chi connectivity index (χ4n) is 2.76. The lowest BCUT2D eigenvalue weighted by Crippen LogP contribution is -2.33. The maximum Gasteiger partial charge on any atom is 0.416 e. The van der Waals surface area contributed by atoms with Crippen LogP contribution in [-0.2, 0) is 12.6 Å². The predicted octanol–water partition coefficient (Wildman–Crippen LogP) is 3.26. The SMILES string of the molecule is NCC(NC(=O)c1ccc(-c2ccc(C(F)(F)F)cc2F)[nH]1)c1nc(CCO)cs1. The summed E-state index contributed by atoms with van der Waals surface area (Å²) < 4.78 is 52.3. The lowest BCUT2D eigenvalue weighted by atomic mass is 10.1. The summed E-state index contributed by atoms with van der Waals surface area (Å²) in [5.41, 5.74) is 5.48. The van der Waals surface area contributed by atoms with Gasteiger partial charge in [-0.25, -0.2) is 9.37 Å². The molecule has 0 spiro atoms. The second kappa shape index (κ2) is 8.94. The maximum atomic E-state index is 14.2. The van der Waals surface area contributed by atoms with Crippen molar-refractivity contribution < 1.29 is 27.5 Å². The molecule has 2 aromatic heterocycles. The molecule has 1 atom stereocenters. The largest absolute Gasteiger partial charge is 0.416 e. The number of thiazole rings is 1. The number of hydrogen-bond acceptors (Lipinski definition) is 5. The number of nitrogens with one attached hydrogen (secondary N) is 2. The predicted molar refractivity (Wildman–Crippen MR) is 103 cm³/mol. The monoisotopic (exact) mass is 442 g/mol. The molecule has 0 radical (unpaired) electrons. The summed E-state index contributed by atoms with van der Waals surface area (Å²) in [5, 5.41) is 14.0. The minimum atomic E-state index is -4.65. The van der Waals surface area contributed by atoms with Gasteiger partial charge in [-0.2, -0.15) is 13.2 Å². The fourth-order valence-corrected chi connectivity index (χ4v) is 3.68. The van der Waals surface area contributed by atoms with Gasteiger partial charge in [-0.15, -0.1) is 11.3 Å². The van der Waals surface area contributed by atoms with Gasteiger partial charge in [-0.3, -0.25) is 4.79 Å². The van der Waals surface area contributed by atoms with Gasteiger partial charge in [0.25, 0.3) is 5.91 Å². The van der Waals surface area contributed by atoms with Gasteiger partial charge in [-0.1, -0.05) is 0 Å². The molecule has 0 saturated carbocycles. The van der Waals surface area contributed by atoms with Crippen molar-refractivity contribution in [3.63, 3.8) is 0 Å². The van der Waals surface area contributed by atoms with Crippen LogP contribution in [0.2, 0.25) is 0 Å². The summed E-state index contributed by atoms with van der Waals surface area (Å²) in [4.78, 5) is 19.6. The second-order valence-electron chi connectivity index (χ2n) is 6.39. The van der Waals surface area contributed by atoms with E-state index in [2.05, 4.69) is 15.3 Å². The van der Waals surface area contributed by atoms with Crippen LogP contribution in [0.5, 0.6) is 0 Å². The number of aliphatic hydroxyl groups excluding tert-OH is 1. The molecule has 0 aliphatic carbocycles. The van der Waals surface area contributed by atoms with Gasteiger partial charge in [0.1, 0.15) is 16.5 Å². The molecule has 30 heavy (non-hydrogen) atoms. The number of aromatic amines is 1. The first-order valence-electron chi connectivity index (χ1n) is 8.85. The highest BCUT2D eigenvalue weighted by Gasteiger charge is 2.31. The number of amides is 1. The molecule has 0 aliphatic rings. The molecule has 160 valence electrons. The van der Waals surface area contributed by atoms with E-state index in [-0.39, 0.29) is 30.1 Å². The topological polar surface area (TPSA) is 104 Å². The number of halogens is 4. The third-order valence-electron chi connectivity index (χ3n) is 4.29. The number of rotatable bonds is 7. The molecule has 0 bridgehead atoms. The van der Waals surface area contributed by atoms with Gasteiger partial charge >= 0.3 is 6.18 Å². The number of carbonyl (C=O) groups is 1. The Kier molecular flexibility index (Phi) is 6.54. The molecular weight excluding hydrogens is 424 g/mol. The zero-order chi connectivity index (χ0) is 21.9. The molecule has 11 heteroatoms. The Hall–Kier alpha value is -2.76. The summed E-state index contributed by atoms with van der Waals surface area (Å²) in [5.74, 6) is -1.58. The van der Waals surface area contributed by atoms with Crippen LogP contribution in [0.25, 0.3) is 11.3 Å². The van der Waals surface area contributed by atoms with Crippen molar-refractivity contribution >= 4 is 17.2 Å². The van der Waals surface area contributed by atoms with E-state index in [0.717, 1.165) is 12.1 Å². The molecule has 1 amide bonds. The van der Waals surface area contributed by atoms with Gasteiger partial charge in [0.15, 0.2) is 0 Å². The van der Waals surface area contributed by atoms with E-state index >= 15 is 0 Å². The highest BCUT2D eigenvalue weighted by Crippen LogP contribution is 2.32. The van der Waals surface area contributed by atoms with Gasteiger partial charge in [-0.05, 0) is 30.3 Å². The third-order valence-corrected chi connectivity index (χ3v) is 5.30. The zero-order valence-electron chi connectivity index (χ0n) is 15.5. The molecule has 0 aliphatic heterocycles. The van der Waals surface area contributed by atoms with Gasteiger partial charge in [0, 0.05) is 36.2 Å². The van der Waals surface area contributed by atoms with E-state index in [9.17, 15) is 22.4 Å². The van der Waals surface area contributed by atoms with Crippen LogP contribution in [0.3, 0.4) is 0 Å². The lowest BCUT2D eigenvalue weighted by Gasteiger charge is -2.13. The molecular formula is C19H18F4N4O2S. The average molecular weight is 442 g/mol. The zero-order valence-corrected chi connectivity index (χ0v) is 16.3. The molecule has 3 aromatic rings. The summed E-state index contributed by atoms with van der Waals surface area (Å²) >= 11 is 1.30. The fraction of sp³-hybridized carbons (Fsp3) is 0.263. The Labute approximate surface area is 172 Å². The molecule has 5 N–H and O–H groups in total. The number of alkyl halides is 3. The number of hydrogen-bond donors (Lipinski definition) is 4. The minimum absolute atomic E-state index is 0.0470. The van der Waals surface area contributed by atoms with Crippen LogP contribution >= 0.6 is 11.3 Å². The Morgan fingerprint density at radius 2 is 2.07 bits per heavy atom. The van der Waals surface area contributed by atoms with E-state index in [1.807, 2.05) is 0 Å². The van der Waals surface area contributed by atoms with Crippen molar-refractivity contribution in [2.24, 2.45) is 5.73 Å². The number of H-pyrrole nitrogens is 1. The molecule has 1 aromatic carbocycles. The third kappa shape index (κ3) is 4.86. The highest BCUT2D eigenvalue weighted by atomic mass is 32.1. The number of nitrogens with zero attached hydrogens (tertiary/aromatic N) is 1. The van der Waals surface area contributed by atoms with Crippen LogP contribution in [-0.4, -0.2) is 34.1 Å².